The third kappa shape index (κ3) is 1.38. The van der Waals surface area contributed by atoms with E-state index in [0.717, 1.165) is 0 Å². The van der Waals surface area contributed by atoms with Gasteiger partial charge in [0.15, 0.2) is 0 Å². The summed E-state index contributed by atoms with van der Waals surface area (Å²) in [7, 11) is 0. The van der Waals surface area contributed by atoms with E-state index in [1.165, 1.54) is 6.92 Å². The van der Waals surface area contributed by atoms with Crippen LogP contribution in [0.4, 0.5) is 8.78 Å². The molecule has 0 saturated carbocycles. The number of hydrogen-bond donors (Lipinski definition) is 1. The van der Waals surface area contributed by atoms with E-state index >= 15 is 0 Å². The molecule has 2 nitrogen and oxygen atoms in total. The molecule has 0 aromatic rings. The molecule has 10 heavy (non-hydrogen) atoms. The van der Waals surface area contributed by atoms with Gasteiger partial charge in [-0.3, -0.25) is 0 Å². The number of hydroxylamine groups is 2. The second kappa shape index (κ2) is 2.03. The smallest absolute Gasteiger partial charge is 0.266 e. The zero-order valence-corrected chi connectivity index (χ0v) is 6.20. The molecule has 1 aliphatic rings. The molecule has 0 spiro atoms. The van der Waals surface area contributed by atoms with E-state index in [4.69, 9.17) is 16.8 Å². The molecule has 1 aliphatic heterocycles. The molecular formula is C5H8ClF2NO. The van der Waals surface area contributed by atoms with Crippen molar-refractivity contribution in [2.75, 3.05) is 6.54 Å². The fourth-order valence-electron chi connectivity index (χ4n) is 1.00. The van der Waals surface area contributed by atoms with E-state index in [2.05, 4.69) is 0 Å². The Bertz CT molecular complexity index is 151. The average Bonchev–Trinajstić information content (AvgIpc) is 1.73. The number of rotatable bonds is 0. The van der Waals surface area contributed by atoms with Crippen LogP contribution in [0.25, 0.3) is 0 Å². The Kier molecular flexibility index (Phi) is 1.66. The first kappa shape index (κ1) is 8.17. The van der Waals surface area contributed by atoms with Crippen molar-refractivity contribution in [1.29, 1.82) is 0 Å². The number of halogens is 3. The predicted octanol–water partition coefficient (Wildman–Crippen LogP) is 1.67. The first-order chi connectivity index (χ1) is 4.33. The monoisotopic (exact) mass is 171 g/mol. The molecule has 0 aromatic heterocycles. The zero-order valence-electron chi connectivity index (χ0n) is 5.44. The van der Waals surface area contributed by atoms with Crippen molar-refractivity contribution in [3.05, 3.63) is 0 Å². The lowest BCUT2D eigenvalue weighted by molar-refractivity contribution is -0.127. The van der Waals surface area contributed by atoms with Crippen molar-refractivity contribution in [2.24, 2.45) is 0 Å². The maximum Gasteiger partial charge on any atom is 0.266 e. The van der Waals surface area contributed by atoms with E-state index in [1.807, 2.05) is 0 Å². The van der Waals surface area contributed by atoms with Gasteiger partial charge in [0.2, 0.25) is 0 Å². The van der Waals surface area contributed by atoms with Crippen LogP contribution in [0.2, 0.25) is 0 Å². The summed E-state index contributed by atoms with van der Waals surface area (Å²) in [6, 6.07) is 0. The zero-order chi connectivity index (χ0) is 7.99. The molecular weight excluding hydrogens is 164 g/mol. The maximum absolute atomic E-state index is 12.4. The van der Waals surface area contributed by atoms with Gasteiger partial charge in [0.1, 0.15) is 5.00 Å². The van der Waals surface area contributed by atoms with Gasteiger partial charge in [-0.2, -0.15) is 5.06 Å². The van der Waals surface area contributed by atoms with Gasteiger partial charge in [-0.25, -0.2) is 8.78 Å². The maximum atomic E-state index is 12.4. The summed E-state index contributed by atoms with van der Waals surface area (Å²) in [6.07, 6.45) is -0.502. The molecule has 0 aliphatic carbocycles. The molecule has 5 heteroatoms. The largest absolute Gasteiger partial charge is 0.312 e. The number of alkyl halides is 3. The minimum Gasteiger partial charge on any atom is -0.312 e. The van der Waals surface area contributed by atoms with Gasteiger partial charge in [-0.05, 0) is 6.92 Å². The first-order valence-corrected chi connectivity index (χ1v) is 3.25. The average molecular weight is 172 g/mol. The Labute approximate surface area is 62.3 Å². The molecule has 1 N–H and O–H groups in total. The van der Waals surface area contributed by atoms with Crippen LogP contribution in [0.15, 0.2) is 0 Å². The summed E-state index contributed by atoms with van der Waals surface area (Å²) in [5, 5.41) is 9.28. The molecule has 0 unspecified atom stereocenters. The minimum atomic E-state index is -2.86. The third-order valence-corrected chi connectivity index (χ3v) is 1.83. The third-order valence-electron chi connectivity index (χ3n) is 1.50. The Morgan fingerprint density at radius 3 is 2.20 bits per heavy atom. The van der Waals surface area contributed by atoms with Crippen LogP contribution >= 0.6 is 11.6 Å². The van der Waals surface area contributed by atoms with Gasteiger partial charge in [0.25, 0.3) is 5.92 Å². The molecule has 0 radical (unpaired) electrons. The van der Waals surface area contributed by atoms with Crippen molar-refractivity contribution in [2.45, 2.75) is 24.3 Å². The van der Waals surface area contributed by atoms with Crippen molar-refractivity contribution in [1.82, 2.24) is 5.06 Å². The fraction of sp³-hybridized carbons (Fsp3) is 1.00. The molecule has 60 valence electrons. The molecule has 1 saturated heterocycles. The Balaban J connectivity index is 2.71. The van der Waals surface area contributed by atoms with Crippen LogP contribution in [-0.4, -0.2) is 27.7 Å². The molecule has 0 amide bonds. The van der Waals surface area contributed by atoms with Crippen molar-refractivity contribution in [3.63, 3.8) is 0 Å². The topological polar surface area (TPSA) is 23.5 Å². The highest BCUT2D eigenvalue weighted by Crippen LogP contribution is 2.40. The molecule has 1 atom stereocenters. The SMILES string of the molecule is C[C@]1(Cl)CC(F)(F)CN1O. The van der Waals surface area contributed by atoms with Crippen LogP contribution in [0.5, 0.6) is 0 Å². The number of hydrogen-bond acceptors (Lipinski definition) is 2. The molecule has 1 rings (SSSR count). The molecule has 1 fully saturated rings. The van der Waals surface area contributed by atoms with Gasteiger partial charge in [-0.15, -0.1) is 0 Å². The molecule has 0 aromatic carbocycles. The van der Waals surface area contributed by atoms with Crippen LogP contribution in [0.1, 0.15) is 13.3 Å². The summed E-state index contributed by atoms with van der Waals surface area (Å²) in [4.78, 5) is -1.30. The van der Waals surface area contributed by atoms with Gasteiger partial charge in [-0.1, -0.05) is 11.6 Å². The van der Waals surface area contributed by atoms with E-state index in [-0.39, 0.29) is 0 Å². The van der Waals surface area contributed by atoms with E-state index in [0.29, 0.717) is 5.06 Å². The highest BCUT2D eigenvalue weighted by Gasteiger charge is 2.51. The van der Waals surface area contributed by atoms with Crippen molar-refractivity contribution < 1.29 is 14.0 Å². The van der Waals surface area contributed by atoms with Crippen LogP contribution in [0.3, 0.4) is 0 Å². The Hall–Kier alpha value is 0.0700. The van der Waals surface area contributed by atoms with E-state index in [9.17, 15) is 8.78 Å². The number of nitrogens with zero attached hydrogens (tertiary/aromatic N) is 1. The van der Waals surface area contributed by atoms with Crippen LogP contribution < -0.4 is 0 Å². The van der Waals surface area contributed by atoms with Gasteiger partial charge in [0.05, 0.1) is 6.54 Å². The highest BCUT2D eigenvalue weighted by molar-refractivity contribution is 6.23. The summed E-state index contributed by atoms with van der Waals surface area (Å²) in [6.45, 7) is 0.683. The van der Waals surface area contributed by atoms with Gasteiger partial charge in [0, 0.05) is 6.42 Å². The van der Waals surface area contributed by atoms with Crippen LogP contribution in [0, 0.1) is 0 Å². The summed E-state index contributed by atoms with van der Waals surface area (Å²) < 4.78 is 24.8. The molecule has 0 bridgehead atoms. The minimum absolute atomic E-state index is 0.467. The summed E-state index contributed by atoms with van der Waals surface area (Å²) in [5.74, 6) is -2.86. The lowest BCUT2D eigenvalue weighted by atomic mass is 10.2. The normalized spacial score (nSPS) is 40.5. The Morgan fingerprint density at radius 2 is 2.10 bits per heavy atom. The second-order valence-electron chi connectivity index (χ2n) is 2.73. The molecule has 1 heterocycles. The Morgan fingerprint density at radius 1 is 1.60 bits per heavy atom. The second-order valence-corrected chi connectivity index (χ2v) is 3.55. The van der Waals surface area contributed by atoms with E-state index in [1.54, 1.807) is 0 Å². The van der Waals surface area contributed by atoms with Gasteiger partial charge >= 0.3 is 0 Å². The summed E-state index contributed by atoms with van der Waals surface area (Å²) >= 11 is 5.50. The predicted molar refractivity (Wildman–Crippen MR) is 32.3 cm³/mol. The van der Waals surface area contributed by atoms with Gasteiger partial charge < -0.3 is 5.21 Å². The van der Waals surface area contributed by atoms with Crippen molar-refractivity contribution in [3.8, 4) is 0 Å². The fourth-order valence-corrected chi connectivity index (χ4v) is 1.26. The quantitative estimate of drug-likeness (QED) is 0.443. The highest BCUT2D eigenvalue weighted by atomic mass is 35.5. The lowest BCUT2D eigenvalue weighted by Gasteiger charge is -2.20. The standard InChI is InChI=1S/C5H8ClF2NO/c1-4(6)2-5(7,8)3-9(4)10/h10H,2-3H2,1H3/t4-/m1/s1. The van der Waals surface area contributed by atoms with Crippen LogP contribution in [-0.2, 0) is 0 Å². The first-order valence-electron chi connectivity index (χ1n) is 2.87. The van der Waals surface area contributed by atoms with Crippen molar-refractivity contribution >= 4 is 11.6 Å². The van der Waals surface area contributed by atoms with E-state index < -0.39 is 23.9 Å². The summed E-state index contributed by atoms with van der Waals surface area (Å²) in [5.41, 5.74) is 0. The lowest BCUT2D eigenvalue weighted by Crippen LogP contribution is -2.32.